The van der Waals surface area contributed by atoms with Crippen LogP contribution in [0.15, 0.2) is 27.2 Å². The molecule has 4 fully saturated rings. The minimum atomic E-state index is -0.409. The standard InChI is InChI=1S/C21H25N3O5/c25-18(28-12-17-23-24-19(29-17)16-2-1-5-27-16)3-4-22-20(26)21-9-13-6-14(10-21)8-15(7-13)11-21/h1-2,5,13-15H,3-4,6-12H2,(H,22,26). The van der Waals surface area contributed by atoms with E-state index >= 15 is 0 Å². The molecule has 8 heteroatoms. The number of nitrogens with zero attached hydrogens (tertiary/aromatic N) is 2. The Morgan fingerprint density at radius 1 is 1.14 bits per heavy atom. The Balaban J connectivity index is 1.06. The van der Waals surface area contributed by atoms with Gasteiger partial charge in [0, 0.05) is 12.0 Å². The maximum absolute atomic E-state index is 12.9. The molecule has 0 spiro atoms. The van der Waals surface area contributed by atoms with Crippen LogP contribution in [0.3, 0.4) is 0 Å². The molecule has 2 aromatic heterocycles. The number of esters is 1. The fraction of sp³-hybridized carbons (Fsp3) is 0.619. The number of aromatic nitrogens is 2. The molecule has 8 nitrogen and oxygen atoms in total. The molecule has 1 N–H and O–H groups in total. The van der Waals surface area contributed by atoms with Crippen LogP contribution in [0, 0.1) is 23.2 Å². The van der Waals surface area contributed by atoms with E-state index in [4.69, 9.17) is 13.6 Å². The third-order valence-electron chi connectivity index (χ3n) is 6.69. The van der Waals surface area contributed by atoms with Gasteiger partial charge in [-0.1, -0.05) is 0 Å². The smallest absolute Gasteiger partial charge is 0.308 e. The van der Waals surface area contributed by atoms with E-state index in [0.717, 1.165) is 37.0 Å². The molecule has 154 valence electrons. The second kappa shape index (κ2) is 7.31. The van der Waals surface area contributed by atoms with Gasteiger partial charge in [0.05, 0.1) is 12.7 Å². The lowest BCUT2D eigenvalue weighted by Crippen LogP contribution is -2.53. The molecule has 6 rings (SSSR count). The van der Waals surface area contributed by atoms with Gasteiger partial charge in [-0.05, 0) is 68.4 Å². The van der Waals surface area contributed by atoms with E-state index in [-0.39, 0.29) is 36.1 Å². The van der Waals surface area contributed by atoms with E-state index < -0.39 is 5.97 Å². The number of hydrogen-bond acceptors (Lipinski definition) is 7. The Labute approximate surface area is 168 Å². The van der Waals surface area contributed by atoms with Gasteiger partial charge in [-0.15, -0.1) is 10.2 Å². The largest absolute Gasteiger partial charge is 0.459 e. The summed E-state index contributed by atoms with van der Waals surface area (Å²) in [4.78, 5) is 24.9. The lowest BCUT2D eigenvalue weighted by atomic mass is 9.49. The van der Waals surface area contributed by atoms with Crippen molar-refractivity contribution < 1.29 is 23.2 Å². The van der Waals surface area contributed by atoms with Crippen molar-refractivity contribution in [2.24, 2.45) is 23.2 Å². The Bertz CT molecular complexity index is 853. The molecule has 0 atom stereocenters. The number of hydrogen-bond donors (Lipinski definition) is 1. The van der Waals surface area contributed by atoms with Crippen molar-refractivity contribution in [3.63, 3.8) is 0 Å². The van der Waals surface area contributed by atoms with Crippen molar-refractivity contribution in [2.45, 2.75) is 51.6 Å². The highest BCUT2D eigenvalue weighted by Crippen LogP contribution is 2.60. The van der Waals surface area contributed by atoms with E-state index in [1.165, 1.54) is 25.5 Å². The molecule has 4 bridgehead atoms. The van der Waals surface area contributed by atoms with Crippen LogP contribution in [-0.4, -0.2) is 28.6 Å². The zero-order chi connectivity index (χ0) is 19.8. The molecular weight excluding hydrogens is 374 g/mol. The molecule has 4 aliphatic rings. The van der Waals surface area contributed by atoms with E-state index in [9.17, 15) is 9.59 Å². The number of carbonyl (C=O) groups is 2. The Morgan fingerprint density at radius 3 is 2.52 bits per heavy atom. The highest BCUT2D eigenvalue weighted by Gasteiger charge is 2.54. The minimum absolute atomic E-state index is 0.102. The number of carbonyl (C=O) groups excluding carboxylic acids is 2. The van der Waals surface area contributed by atoms with Gasteiger partial charge >= 0.3 is 5.97 Å². The topological polar surface area (TPSA) is 107 Å². The Morgan fingerprint density at radius 2 is 1.86 bits per heavy atom. The van der Waals surface area contributed by atoms with E-state index in [0.29, 0.717) is 12.3 Å². The lowest BCUT2D eigenvalue weighted by molar-refractivity contribution is -0.147. The number of rotatable bonds is 7. The summed E-state index contributed by atoms with van der Waals surface area (Å²) < 4.78 is 15.7. The molecule has 0 saturated heterocycles. The summed E-state index contributed by atoms with van der Waals surface area (Å²) in [6.45, 7) is 0.191. The van der Waals surface area contributed by atoms with Crippen LogP contribution in [0.5, 0.6) is 0 Å². The van der Waals surface area contributed by atoms with Crippen molar-refractivity contribution in [1.29, 1.82) is 0 Å². The molecule has 2 heterocycles. The van der Waals surface area contributed by atoms with E-state index in [1.807, 2.05) is 0 Å². The van der Waals surface area contributed by atoms with E-state index in [1.54, 1.807) is 12.1 Å². The van der Waals surface area contributed by atoms with Gasteiger partial charge in [0.2, 0.25) is 5.91 Å². The van der Waals surface area contributed by atoms with Gasteiger partial charge in [-0.2, -0.15) is 0 Å². The quantitative estimate of drug-likeness (QED) is 0.713. The first-order valence-corrected chi connectivity index (χ1v) is 10.4. The summed E-state index contributed by atoms with van der Waals surface area (Å²) in [6.07, 6.45) is 8.59. The second-order valence-electron chi connectivity index (χ2n) is 8.84. The number of furan rings is 1. The average molecular weight is 399 g/mol. The van der Waals surface area contributed by atoms with Gasteiger partial charge < -0.3 is 18.9 Å². The third-order valence-corrected chi connectivity index (χ3v) is 6.69. The van der Waals surface area contributed by atoms with E-state index in [2.05, 4.69) is 15.5 Å². The van der Waals surface area contributed by atoms with Crippen molar-refractivity contribution in [3.05, 3.63) is 24.3 Å². The van der Waals surface area contributed by atoms with Crippen LogP contribution in [0.2, 0.25) is 0 Å². The molecule has 4 aliphatic carbocycles. The first-order chi connectivity index (χ1) is 14.1. The predicted octanol–water partition coefficient (Wildman–Crippen LogP) is 3.10. The molecule has 4 saturated carbocycles. The number of nitrogens with one attached hydrogen (secondary N) is 1. The maximum Gasteiger partial charge on any atom is 0.308 e. The Kier molecular flexibility index (Phi) is 4.64. The van der Waals surface area contributed by atoms with Crippen molar-refractivity contribution in [3.8, 4) is 11.7 Å². The molecule has 0 radical (unpaired) electrons. The van der Waals surface area contributed by atoms with Crippen LogP contribution in [-0.2, 0) is 20.9 Å². The summed E-state index contributed by atoms with van der Waals surface area (Å²) >= 11 is 0. The zero-order valence-electron chi connectivity index (χ0n) is 16.3. The average Bonchev–Trinajstić information content (AvgIpc) is 3.37. The lowest BCUT2D eigenvalue weighted by Gasteiger charge is -2.55. The summed E-state index contributed by atoms with van der Waals surface area (Å²) in [6, 6.07) is 3.42. The summed E-state index contributed by atoms with van der Waals surface area (Å²) in [7, 11) is 0. The fourth-order valence-electron chi connectivity index (χ4n) is 5.88. The van der Waals surface area contributed by atoms with Gasteiger partial charge in [0.25, 0.3) is 11.8 Å². The minimum Gasteiger partial charge on any atom is -0.459 e. The molecule has 29 heavy (non-hydrogen) atoms. The number of amides is 1. The van der Waals surface area contributed by atoms with Gasteiger partial charge in [0.1, 0.15) is 0 Å². The molecule has 2 aromatic rings. The van der Waals surface area contributed by atoms with Crippen LogP contribution >= 0.6 is 0 Å². The fourth-order valence-corrected chi connectivity index (χ4v) is 5.88. The monoisotopic (exact) mass is 399 g/mol. The highest BCUT2D eigenvalue weighted by molar-refractivity contribution is 5.83. The first kappa shape index (κ1) is 18.4. The van der Waals surface area contributed by atoms with Crippen molar-refractivity contribution >= 4 is 11.9 Å². The summed E-state index contributed by atoms with van der Waals surface area (Å²) in [5.41, 5.74) is -0.190. The van der Waals surface area contributed by atoms with Crippen LogP contribution in [0.4, 0.5) is 0 Å². The maximum atomic E-state index is 12.9. The van der Waals surface area contributed by atoms with Gasteiger partial charge in [-0.3, -0.25) is 9.59 Å². The normalized spacial score (nSPS) is 29.7. The second-order valence-corrected chi connectivity index (χ2v) is 8.84. The molecule has 0 unspecified atom stereocenters. The zero-order valence-corrected chi connectivity index (χ0v) is 16.3. The van der Waals surface area contributed by atoms with Crippen molar-refractivity contribution in [1.82, 2.24) is 15.5 Å². The Hall–Kier alpha value is -2.64. The molecule has 1 amide bonds. The van der Waals surface area contributed by atoms with Crippen LogP contribution in [0.25, 0.3) is 11.7 Å². The summed E-state index contributed by atoms with van der Waals surface area (Å²) in [5.74, 6) is 2.78. The highest BCUT2D eigenvalue weighted by atomic mass is 16.5. The molecule has 0 aliphatic heterocycles. The molecule has 0 aromatic carbocycles. The van der Waals surface area contributed by atoms with Gasteiger partial charge in [0.15, 0.2) is 12.4 Å². The predicted molar refractivity (Wildman–Crippen MR) is 100 cm³/mol. The number of ether oxygens (including phenoxy) is 1. The van der Waals surface area contributed by atoms with Crippen LogP contribution in [0.1, 0.15) is 50.8 Å². The van der Waals surface area contributed by atoms with Crippen LogP contribution < -0.4 is 5.32 Å². The summed E-state index contributed by atoms with van der Waals surface area (Å²) in [5, 5.41) is 10.7. The first-order valence-electron chi connectivity index (χ1n) is 10.4. The molecular formula is C21H25N3O5. The third kappa shape index (κ3) is 3.68. The van der Waals surface area contributed by atoms with Gasteiger partial charge in [-0.25, -0.2) is 0 Å². The SMILES string of the molecule is O=C(CCNC(=O)C12CC3CC(CC(C3)C1)C2)OCc1nnc(-c2ccco2)o1. The van der Waals surface area contributed by atoms with Crippen molar-refractivity contribution in [2.75, 3.05) is 6.54 Å².